The van der Waals surface area contributed by atoms with Crippen LogP contribution in [0.25, 0.3) is 0 Å². The van der Waals surface area contributed by atoms with Crippen molar-refractivity contribution in [1.82, 2.24) is 15.1 Å². The van der Waals surface area contributed by atoms with Crippen LogP contribution in [0.3, 0.4) is 0 Å². The van der Waals surface area contributed by atoms with Crippen LogP contribution in [0.1, 0.15) is 59.7 Å². The highest BCUT2D eigenvalue weighted by Crippen LogP contribution is 2.22. The van der Waals surface area contributed by atoms with E-state index in [-0.39, 0.29) is 11.8 Å². The molecule has 1 saturated heterocycles. The molecule has 0 spiro atoms. The molecule has 1 N–H and O–H groups in total. The second-order valence-electron chi connectivity index (χ2n) is 7.05. The molecule has 1 aliphatic heterocycles. The van der Waals surface area contributed by atoms with E-state index in [1.807, 2.05) is 19.0 Å². The van der Waals surface area contributed by atoms with Crippen LogP contribution in [-0.2, 0) is 0 Å². The van der Waals surface area contributed by atoms with Gasteiger partial charge in [-0.2, -0.15) is 0 Å². The summed E-state index contributed by atoms with van der Waals surface area (Å²) in [6.07, 6.45) is 5.29. The second-order valence-corrected chi connectivity index (χ2v) is 7.05. The van der Waals surface area contributed by atoms with Crippen LogP contribution < -0.4 is 5.32 Å². The number of amides is 2. The minimum absolute atomic E-state index is 0.0813. The summed E-state index contributed by atoms with van der Waals surface area (Å²) in [5.74, 6) is 0.00616. The first-order chi connectivity index (χ1) is 12.0. The standard InChI is InChI=1S/C20H31N3O2/c1-4-18-8-5-6-15-23(18)20(25)17-11-9-16(10-12-17)19(24)21-13-7-14-22(2)3/h9-12,18H,4-8,13-15H2,1-3H3,(H,21,24). The summed E-state index contributed by atoms with van der Waals surface area (Å²) >= 11 is 0. The summed E-state index contributed by atoms with van der Waals surface area (Å²) < 4.78 is 0. The first-order valence-electron chi connectivity index (χ1n) is 9.37. The van der Waals surface area contributed by atoms with Gasteiger partial charge in [-0.3, -0.25) is 9.59 Å². The topological polar surface area (TPSA) is 52.7 Å². The molecule has 25 heavy (non-hydrogen) atoms. The summed E-state index contributed by atoms with van der Waals surface area (Å²) in [7, 11) is 4.03. The van der Waals surface area contributed by atoms with Crippen LogP contribution in [0.5, 0.6) is 0 Å². The molecule has 1 fully saturated rings. The lowest BCUT2D eigenvalue weighted by atomic mass is 9.98. The van der Waals surface area contributed by atoms with E-state index in [4.69, 9.17) is 0 Å². The lowest BCUT2D eigenvalue weighted by Crippen LogP contribution is -2.43. The Morgan fingerprint density at radius 3 is 2.48 bits per heavy atom. The monoisotopic (exact) mass is 345 g/mol. The third kappa shape index (κ3) is 5.56. The first-order valence-corrected chi connectivity index (χ1v) is 9.37. The Kier molecular flexibility index (Phi) is 7.44. The summed E-state index contributed by atoms with van der Waals surface area (Å²) in [6, 6.07) is 7.40. The van der Waals surface area contributed by atoms with Crippen LogP contribution >= 0.6 is 0 Å². The third-order valence-corrected chi connectivity index (χ3v) is 4.82. The van der Waals surface area contributed by atoms with Gasteiger partial charge in [0, 0.05) is 30.3 Å². The van der Waals surface area contributed by atoms with Gasteiger partial charge in [0.1, 0.15) is 0 Å². The molecular weight excluding hydrogens is 314 g/mol. The lowest BCUT2D eigenvalue weighted by molar-refractivity contribution is 0.0607. The van der Waals surface area contributed by atoms with Crippen LogP contribution in [0.2, 0.25) is 0 Å². The normalized spacial score (nSPS) is 17.6. The number of nitrogens with one attached hydrogen (secondary N) is 1. The Bertz CT molecular complexity index is 569. The molecule has 2 rings (SSSR count). The minimum Gasteiger partial charge on any atom is -0.352 e. The van der Waals surface area contributed by atoms with Crippen molar-refractivity contribution < 1.29 is 9.59 Å². The molecule has 138 valence electrons. The molecule has 1 atom stereocenters. The molecule has 5 heteroatoms. The van der Waals surface area contributed by atoms with Crippen molar-refractivity contribution in [1.29, 1.82) is 0 Å². The Morgan fingerprint density at radius 2 is 1.84 bits per heavy atom. The summed E-state index contributed by atoms with van der Waals surface area (Å²) in [4.78, 5) is 29.0. The third-order valence-electron chi connectivity index (χ3n) is 4.82. The van der Waals surface area contributed by atoms with Gasteiger partial charge in [-0.05, 0) is 77.0 Å². The SMILES string of the molecule is CCC1CCCCN1C(=O)c1ccc(C(=O)NCCCN(C)C)cc1. The summed E-state index contributed by atoms with van der Waals surface area (Å²) in [5.41, 5.74) is 1.27. The van der Waals surface area contributed by atoms with Gasteiger partial charge < -0.3 is 15.1 Å². The van der Waals surface area contributed by atoms with Crippen molar-refractivity contribution in [3.05, 3.63) is 35.4 Å². The van der Waals surface area contributed by atoms with Gasteiger partial charge in [0.25, 0.3) is 11.8 Å². The van der Waals surface area contributed by atoms with Crippen molar-refractivity contribution in [3.8, 4) is 0 Å². The van der Waals surface area contributed by atoms with E-state index in [0.29, 0.717) is 23.7 Å². The molecule has 1 unspecified atom stereocenters. The molecule has 0 bridgehead atoms. The number of benzene rings is 1. The van der Waals surface area contributed by atoms with Gasteiger partial charge in [0.2, 0.25) is 0 Å². The van der Waals surface area contributed by atoms with Crippen LogP contribution in [0.15, 0.2) is 24.3 Å². The minimum atomic E-state index is -0.0813. The molecule has 1 heterocycles. The molecule has 0 aliphatic carbocycles. The molecular formula is C20H31N3O2. The lowest BCUT2D eigenvalue weighted by Gasteiger charge is -2.35. The number of hydrogen-bond acceptors (Lipinski definition) is 3. The van der Waals surface area contributed by atoms with E-state index >= 15 is 0 Å². The number of likely N-dealkylation sites (tertiary alicyclic amines) is 1. The number of carbonyl (C=O) groups excluding carboxylic acids is 2. The first kappa shape index (κ1) is 19.4. The van der Waals surface area contributed by atoms with Crippen molar-refractivity contribution in [2.24, 2.45) is 0 Å². The highest BCUT2D eigenvalue weighted by molar-refractivity contribution is 5.98. The maximum atomic E-state index is 12.7. The van der Waals surface area contributed by atoms with Crippen molar-refractivity contribution >= 4 is 11.8 Å². The Morgan fingerprint density at radius 1 is 1.16 bits per heavy atom. The molecule has 0 radical (unpaired) electrons. The Labute approximate surface area is 151 Å². The van der Waals surface area contributed by atoms with Crippen molar-refractivity contribution in [3.63, 3.8) is 0 Å². The molecule has 0 aromatic heterocycles. The zero-order valence-corrected chi connectivity index (χ0v) is 15.8. The Balaban J connectivity index is 1.92. The maximum absolute atomic E-state index is 12.7. The van der Waals surface area contributed by atoms with Crippen LogP contribution in [-0.4, -0.2) is 61.4 Å². The van der Waals surface area contributed by atoms with E-state index in [2.05, 4.69) is 17.1 Å². The van der Waals surface area contributed by atoms with E-state index in [1.54, 1.807) is 24.3 Å². The van der Waals surface area contributed by atoms with Crippen molar-refractivity contribution in [2.45, 2.75) is 45.1 Å². The number of nitrogens with zero attached hydrogens (tertiary/aromatic N) is 2. The zero-order chi connectivity index (χ0) is 18.2. The fourth-order valence-electron chi connectivity index (χ4n) is 3.32. The highest BCUT2D eigenvalue weighted by atomic mass is 16.2. The van der Waals surface area contributed by atoms with Gasteiger partial charge in [-0.25, -0.2) is 0 Å². The molecule has 2 amide bonds. The predicted octanol–water partition coefficient (Wildman–Crippen LogP) is 2.77. The van der Waals surface area contributed by atoms with Gasteiger partial charge in [0.05, 0.1) is 0 Å². The number of hydrogen-bond donors (Lipinski definition) is 1. The summed E-state index contributed by atoms with van der Waals surface area (Å²) in [6.45, 7) is 4.58. The predicted molar refractivity (Wildman–Crippen MR) is 101 cm³/mol. The second kappa shape index (κ2) is 9.56. The van der Waals surface area contributed by atoms with Gasteiger partial charge in [-0.15, -0.1) is 0 Å². The molecule has 1 aromatic carbocycles. The fraction of sp³-hybridized carbons (Fsp3) is 0.600. The average molecular weight is 345 g/mol. The number of rotatable bonds is 7. The quantitative estimate of drug-likeness (QED) is 0.773. The number of carbonyl (C=O) groups is 2. The maximum Gasteiger partial charge on any atom is 0.254 e. The van der Waals surface area contributed by atoms with Crippen molar-refractivity contribution in [2.75, 3.05) is 33.7 Å². The molecule has 1 aliphatic rings. The van der Waals surface area contributed by atoms with E-state index in [1.165, 1.54) is 6.42 Å². The van der Waals surface area contributed by atoms with E-state index in [0.717, 1.165) is 38.8 Å². The zero-order valence-electron chi connectivity index (χ0n) is 15.8. The summed E-state index contributed by atoms with van der Waals surface area (Å²) in [5, 5.41) is 2.92. The van der Waals surface area contributed by atoms with E-state index in [9.17, 15) is 9.59 Å². The number of piperidine rings is 1. The Hall–Kier alpha value is -1.88. The fourth-order valence-corrected chi connectivity index (χ4v) is 3.32. The van der Waals surface area contributed by atoms with Crippen LogP contribution in [0.4, 0.5) is 0 Å². The van der Waals surface area contributed by atoms with Gasteiger partial charge >= 0.3 is 0 Å². The molecule has 5 nitrogen and oxygen atoms in total. The largest absolute Gasteiger partial charge is 0.352 e. The molecule has 0 saturated carbocycles. The van der Waals surface area contributed by atoms with E-state index < -0.39 is 0 Å². The van der Waals surface area contributed by atoms with Crippen LogP contribution in [0, 0.1) is 0 Å². The van der Waals surface area contributed by atoms with Gasteiger partial charge in [0.15, 0.2) is 0 Å². The molecule has 1 aromatic rings. The average Bonchev–Trinajstić information content (AvgIpc) is 2.64. The van der Waals surface area contributed by atoms with Gasteiger partial charge in [-0.1, -0.05) is 6.92 Å². The highest BCUT2D eigenvalue weighted by Gasteiger charge is 2.26. The smallest absolute Gasteiger partial charge is 0.254 e.